The summed E-state index contributed by atoms with van der Waals surface area (Å²) in [5.41, 5.74) is 6.54. The molecular weight excluding hydrogens is 197 g/mol. The molecule has 0 aliphatic rings. The summed E-state index contributed by atoms with van der Waals surface area (Å²) in [5, 5.41) is 0. The van der Waals surface area contributed by atoms with Crippen LogP contribution in [0.3, 0.4) is 0 Å². The number of halogens is 1. The molecule has 1 aromatic carbocycles. The van der Waals surface area contributed by atoms with Gasteiger partial charge in [0.05, 0.1) is 13.0 Å². The summed E-state index contributed by atoms with van der Waals surface area (Å²) in [6.45, 7) is 1.77. The summed E-state index contributed by atoms with van der Waals surface area (Å²) in [6, 6.07) is 4.63. The van der Waals surface area contributed by atoms with Crippen molar-refractivity contribution in [2.45, 2.75) is 12.8 Å². The van der Waals surface area contributed by atoms with E-state index >= 15 is 0 Å². The van der Waals surface area contributed by atoms with Gasteiger partial charge in [-0.3, -0.25) is 4.79 Å². The van der Waals surface area contributed by atoms with Crippen LogP contribution in [0, 0.1) is 12.7 Å². The van der Waals surface area contributed by atoms with Crippen molar-refractivity contribution in [3.63, 3.8) is 0 Å². The van der Waals surface area contributed by atoms with Crippen LogP contribution in [0.25, 0.3) is 0 Å². The number of ether oxygens (including phenoxy) is 1. The van der Waals surface area contributed by atoms with Gasteiger partial charge < -0.3 is 10.5 Å². The lowest BCUT2D eigenvalue weighted by Crippen LogP contribution is -2.22. The van der Waals surface area contributed by atoms with Gasteiger partial charge in [-0.05, 0) is 24.1 Å². The first-order valence-corrected chi connectivity index (χ1v) is 4.64. The molecule has 4 heteroatoms. The van der Waals surface area contributed by atoms with Crippen molar-refractivity contribution < 1.29 is 13.9 Å². The molecule has 0 fully saturated rings. The highest BCUT2D eigenvalue weighted by molar-refractivity contribution is 5.78. The predicted octanol–water partition coefficient (Wildman–Crippen LogP) is 1.35. The van der Waals surface area contributed by atoms with E-state index in [1.807, 2.05) is 0 Å². The van der Waals surface area contributed by atoms with E-state index in [0.29, 0.717) is 11.1 Å². The molecule has 0 spiro atoms. The smallest absolute Gasteiger partial charge is 0.314 e. The highest BCUT2D eigenvalue weighted by atomic mass is 19.1. The standard InChI is InChI=1S/C11H14FNO2/c1-7-3-4-8(5-10(7)12)9(6-13)11(14)15-2/h3-5,9H,6,13H2,1-2H3. The summed E-state index contributed by atoms with van der Waals surface area (Å²) in [7, 11) is 1.29. The zero-order valence-electron chi connectivity index (χ0n) is 8.79. The van der Waals surface area contributed by atoms with Gasteiger partial charge in [0.1, 0.15) is 5.82 Å². The van der Waals surface area contributed by atoms with E-state index in [4.69, 9.17) is 5.73 Å². The number of hydrogen-bond acceptors (Lipinski definition) is 3. The summed E-state index contributed by atoms with van der Waals surface area (Å²) in [5.74, 6) is -1.37. The van der Waals surface area contributed by atoms with Gasteiger partial charge in [0.25, 0.3) is 0 Å². The van der Waals surface area contributed by atoms with Gasteiger partial charge in [0.15, 0.2) is 0 Å². The summed E-state index contributed by atoms with van der Waals surface area (Å²) >= 11 is 0. The highest BCUT2D eigenvalue weighted by Gasteiger charge is 2.20. The average molecular weight is 211 g/mol. The Bertz CT molecular complexity index is 366. The summed E-state index contributed by atoms with van der Waals surface area (Å²) in [6.07, 6.45) is 0. The number of nitrogens with two attached hydrogens (primary N) is 1. The molecule has 0 heterocycles. The van der Waals surface area contributed by atoms with Crippen molar-refractivity contribution >= 4 is 5.97 Å². The molecule has 0 bridgehead atoms. The van der Waals surface area contributed by atoms with E-state index < -0.39 is 11.9 Å². The highest BCUT2D eigenvalue weighted by Crippen LogP contribution is 2.19. The average Bonchev–Trinajstić information content (AvgIpc) is 2.24. The van der Waals surface area contributed by atoms with Crippen molar-refractivity contribution in [3.8, 4) is 0 Å². The van der Waals surface area contributed by atoms with E-state index in [0.717, 1.165) is 0 Å². The van der Waals surface area contributed by atoms with Crippen LogP contribution in [0.15, 0.2) is 18.2 Å². The minimum Gasteiger partial charge on any atom is -0.469 e. The molecule has 0 amide bonds. The monoisotopic (exact) mass is 211 g/mol. The second-order valence-electron chi connectivity index (χ2n) is 3.32. The largest absolute Gasteiger partial charge is 0.469 e. The van der Waals surface area contributed by atoms with Crippen LogP contribution in [0.5, 0.6) is 0 Å². The number of carbonyl (C=O) groups is 1. The van der Waals surface area contributed by atoms with Gasteiger partial charge in [0.2, 0.25) is 0 Å². The Kier molecular flexibility index (Phi) is 3.80. The van der Waals surface area contributed by atoms with Crippen LogP contribution in [0.2, 0.25) is 0 Å². The Balaban J connectivity index is 3.02. The zero-order chi connectivity index (χ0) is 11.4. The second-order valence-corrected chi connectivity index (χ2v) is 3.32. The SMILES string of the molecule is COC(=O)C(CN)c1ccc(C)c(F)c1. The first-order chi connectivity index (χ1) is 7.10. The first-order valence-electron chi connectivity index (χ1n) is 4.64. The fourth-order valence-electron chi connectivity index (χ4n) is 1.34. The Morgan fingerprint density at radius 2 is 2.27 bits per heavy atom. The molecule has 0 aliphatic carbocycles. The lowest BCUT2D eigenvalue weighted by molar-refractivity contribution is -0.142. The number of rotatable bonds is 3. The van der Waals surface area contributed by atoms with Gasteiger partial charge in [-0.1, -0.05) is 12.1 Å². The predicted molar refractivity (Wildman–Crippen MR) is 54.9 cm³/mol. The lowest BCUT2D eigenvalue weighted by Gasteiger charge is -2.13. The van der Waals surface area contributed by atoms with Crippen LogP contribution in [-0.4, -0.2) is 19.6 Å². The number of carbonyl (C=O) groups excluding carboxylic acids is 1. The van der Waals surface area contributed by atoms with Crippen molar-refractivity contribution in [3.05, 3.63) is 35.1 Å². The van der Waals surface area contributed by atoms with E-state index in [2.05, 4.69) is 4.74 Å². The molecule has 1 atom stereocenters. The van der Waals surface area contributed by atoms with E-state index in [1.165, 1.54) is 13.2 Å². The Morgan fingerprint density at radius 1 is 1.60 bits per heavy atom. The maximum Gasteiger partial charge on any atom is 0.314 e. The Hall–Kier alpha value is -1.42. The van der Waals surface area contributed by atoms with Gasteiger partial charge in [0, 0.05) is 6.54 Å². The fourth-order valence-corrected chi connectivity index (χ4v) is 1.34. The maximum atomic E-state index is 13.3. The lowest BCUT2D eigenvalue weighted by atomic mass is 9.98. The number of hydrogen-bond donors (Lipinski definition) is 1. The number of benzene rings is 1. The number of methoxy groups -OCH3 is 1. The topological polar surface area (TPSA) is 52.3 Å². The van der Waals surface area contributed by atoms with Gasteiger partial charge in [-0.25, -0.2) is 4.39 Å². The van der Waals surface area contributed by atoms with E-state index in [-0.39, 0.29) is 12.4 Å². The first kappa shape index (κ1) is 11.7. The summed E-state index contributed by atoms with van der Waals surface area (Å²) in [4.78, 5) is 11.3. The van der Waals surface area contributed by atoms with Gasteiger partial charge in [-0.2, -0.15) is 0 Å². The minimum atomic E-state index is -0.593. The quantitative estimate of drug-likeness (QED) is 0.768. The molecule has 0 aliphatic heterocycles. The zero-order valence-corrected chi connectivity index (χ0v) is 8.79. The Labute approximate surface area is 88.0 Å². The second kappa shape index (κ2) is 4.89. The van der Waals surface area contributed by atoms with Crippen LogP contribution >= 0.6 is 0 Å². The molecule has 82 valence electrons. The molecule has 1 unspecified atom stereocenters. The van der Waals surface area contributed by atoms with Crippen LogP contribution < -0.4 is 5.73 Å². The molecule has 0 saturated carbocycles. The van der Waals surface area contributed by atoms with E-state index in [1.54, 1.807) is 19.1 Å². The van der Waals surface area contributed by atoms with Crippen molar-refractivity contribution in [1.82, 2.24) is 0 Å². The third-order valence-electron chi connectivity index (χ3n) is 2.32. The maximum absolute atomic E-state index is 13.3. The molecule has 2 N–H and O–H groups in total. The molecule has 1 rings (SSSR count). The van der Waals surface area contributed by atoms with Crippen molar-refractivity contribution in [2.75, 3.05) is 13.7 Å². The minimum absolute atomic E-state index is 0.106. The Morgan fingerprint density at radius 3 is 2.73 bits per heavy atom. The van der Waals surface area contributed by atoms with Crippen LogP contribution in [0.1, 0.15) is 17.0 Å². The van der Waals surface area contributed by atoms with Gasteiger partial charge in [-0.15, -0.1) is 0 Å². The van der Waals surface area contributed by atoms with Crippen molar-refractivity contribution in [1.29, 1.82) is 0 Å². The van der Waals surface area contributed by atoms with E-state index in [9.17, 15) is 9.18 Å². The third kappa shape index (κ3) is 2.53. The molecule has 15 heavy (non-hydrogen) atoms. The molecule has 3 nitrogen and oxygen atoms in total. The molecular formula is C11H14FNO2. The summed E-state index contributed by atoms with van der Waals surface area (Å²) < 4.78 is 17.8. The van der Waals surface area contributed by atoms with Gasteiger partial charge >= 0.3 is 5.97 Å². The normalized spacial score (nSPS) is 12.3. The molecule has 0 radical (unpaired) electrons. The molecule has 0 aromatic heterocycles. The molecule has 0 saturated heterocycles. The number of esters is 1. The number of aryl methyl sites for hydroxylation is 1. The van der Waals surface area contributed by atoms with Crippen molar-refractivity contribution in [2.24, 2.45) is 5.73 Å². The third-order valence-corrected chi connectivity index (χ3v) is 2.32. The molecule has 1 aromatic rings. The van der Waals surface area contributed by atoms with Crippen LogP contribution in [-0.2, 0) is 9.53 Å². The fraction of sp³-hybridized carbons (Fsp3) is 0.364. The van der Waals surface area contributed by atoms with Crippen LogP contribution in [0.4, 0.5) is 4.39 Å².